The topological polar surface area (TPSA) is 60.4 Å². The normalized spacial score (nSPS) is 14.9. The van der Waals surface area contributed by atoms with Gasteiger partial charge in [0.1, 0.15) is 5.76 Å². The van der Waals surface area contributed by atoms with Gasteiger partial charge in [0, 0.05) is 26.2 Å². The lowest BCUT2D eigenvalue weighted by Crippen LogP contribution is -2.40. The van der Waals surface area contributed by atoms with Crippen LogP contribution in [0.5, 0.6) is 0 Å². The van der Waals surface area contributed by atoms with Gasteiger partial charge in [-0.3, -0.25) is 11.3 Å². The van der Waals surface area contributed by atoms with Gasteiger partial charge in [-0.25, -0.2) is 0 Å². The molecule has 1 rings (SSSR count). The minimum atomic E-state index is 0.306. The molecule has 0 aromatic carbocycles. The molecule has 4 nitrogen and oxygen atoms in total. The van der Waals surface area contributed by atoms with Gasteiger partial charge in [-0.05, 0) is 30.9 Å². The first-order chi connectivity index (χ1) is 7.77. The number of hydrogen-bond donors (Lipinski definition) is 2. The number of methoxy groups -OCH3 is 1. The van der Waals surface area contributed by atoms with Crippen LogP contribution in [0.15, 0.2) is 22.8 Å². The highest BCUT2D eigenvalue weighted by molar-refractivity contribution is 4.98. The van der Waals surface area contributed by atoms with Gasteiger partial charge >= 0.3 is 0 Å². The van der Waals surface area contributed by atoms with Crippen LogP contribution in [0.25, 0.3) is 0 Å². The van der Waals surface area contributed by atoms with E-state index in [0.29, 0.717) is 12.0 Å². The third-order valence-corrected chi connectivity index (χ3v) is 2.96. The summed E-state index contributed by atoms with van der Waals surface area (Å²) in [5.74, 6) is 7.08. The Bertz CT molecular complexity index is 262. The van der Waals surface area contributed by atoms with Crippen molar-refractivity contribution in [1.82, 2.24) is 5.43 Å². The molecule has 0 aliphatic carbocycles. The van der Waals surface area contributed by atoms with Crippen LogP contribution in [-0.2, 0) is 11.2 Å². The van der Waals surface area contributed by atoms with E-state index in [1.165, 1.54) is 0 Å². The minimum Gasteiger partial charge on any atom is -0.469 e. The predicted molar refractivity (Wildman–Crippen MR) is 63.8 cm³/mol. The van der Waals surface area contributed by atoms with Crippen LogP contribution in [0, 0.1) is 5.92 Å². The zero-order valence-corrected chi connectivity index (χ0v) is 10.1. The molecule has 1 heterocycles. The molecule has 0 fully saturated rings. The monoisotopic (exact) mass is 226 g/mol. The summed E-state index contributed by atoms with van der Waals surface area (Å²) >= 11 is 0. The molecule has 2 unspecified atom stereocenters. The molecule has 1 aromatic heterocycles. The van der Waals surface area contributed by atoms with Gasteiger partial charge in [0.15, 0.2) is 0 Å². The highest BCUT2D eigenvalue weighted by atomic mass is 16.5. The number of nitrogens with one attached hydrogen (secondary N) is 1. The Labute approximate surface area is 97.1 Å². The summed E-state index contributed by atoms with van der Waals surface area (Å²) in [5.41, 5.74) is 2.88. The van der Waals surface area contributed by atoms with Crippen LogP contribution in [0.1, 0.15) is 25.5 Å². The summed E-state index contributed by atoms with van der Waals surface area (Å²) in [6.45, 7) is 2.96. The zero-order valence-electron chi connectivity index (χ0n) is 10.1. The smallest absolute Gasteiger partial charge is 0.103 e. The molecule has 0 spiro atoms. The molecule has 3 N–H and O–H groups in total. The quantitative estimate of drug-likeness (QED) is 0.523. The fourth-order valence-electron chi connectivity index (χ4n) is 1.79. The third kappa shape index (κ3) is 4.35. The van der Waals surface area contributed by atoms with Crippen LogP contribution < -0.4 is 11.3 Å². The Kier molecular flexibility index (Phi) is 6.15. The maximum Gasteiger partial charge on any atom is 0.103 e. The number of hydrogen-bond acceptors (Lipinski definition) is 4. The molecule has 0 bridgehead atoms. The molecular formula is C12H22N2O2. The van der Waals surface area contributed by atoms with Gasteiger partial charge < -0.3 is 9.15 Å². The first-order valence-corrected chi connectivity index (χ1v) is 5.75. The summed E-state index contributed by atoms with van der Waals surface area (Å²) in [6.07, 6.45) is 4.62. The van der Waals surface area contributed by atoms with Gasteiger partial charge in [0.05, 0.1) is 6.26 Å². The summed E-state index contributed by atoms with van der Waals surface area (Å²) in [6, 6.07) is 4.21. The number of ether oxygens (including phenoxy) is 1. The van der Waals surface area contributed by atoms with Gasteiger partial charge in [0.25, 0.3) is 0 Å². The number of furan rings is 1. The van der Waals surface area contributed by atoms with E-state index in [2.05, 4.69) is 12.3 Å². The van der Waals surface area contributed by atoms with Crippen molar-refractivity contribution in [3.63, 3.8) is 0 Å². The molecule has 0 saturated carbocycles. The largest absolute Gasteiger partial charge is 0.469 e. The lowest BCUT2D eigenvalue weighted by molar-refractivity contribution is 0.168. The second-order valence-corrected chi connectivity index (χ2v) is 4.15. The molecule has 92 valence electrons. The molecule has 16 heavy (non-hydrogen) atoms. The van der Waals surface area contributed by atoms with Crippen LogP contribution in [0.2, 0.25) is 0 Å². The van der Waals surface area contributed by atoms with Crippen molar-refractivity contribution < 1.29 is 9.15 Å². The van der Waals surface area contributed by atoms with Crippen molar-refractivity contribution in [2.75, 3.05) is 13.7 Å². The Morgan fingerprint density at radius 2 is 2.31 bits per heavy atom. The number of nitrogens with two attached hydrogens (primary N) is 1. The molecule has 0 amide bonds. The molecule has 1 aromatic rings. The van der Waals surface area contributed by atoms with Gasteiger partial charge in [-0.2, -0.15) is 0 Å². The Morgan fingerprint density at radius 3 is 2.88 bits per heavy atom. The number of rotatable bonds is 8. The minimum absolute atomic E-state index is 0.306. The first-order valence-electron chi connectivity index (χ1n) is 5.75. The second kappa shape index (κ2) is 7.44. The molecule has 0 aliphatic heterocycles. The number of aryl methyl sites for hydroxylation is 1. The standard InChI is InChI=1S/C12H22N2O2/c1-10(7-9-15-2)12(14-13)6-5-11-4-3-8-16-11/h3-4,8,10,12,14H,5-7,9,13H2,1-2H3. The Balaban J connectivity index is 2.30. The molecule has 2 atom stereocenters. The van der Waals surface area contributed by atoms with E-state index in [1.807, 2.05) is 12.1 Å². The van der Waals surface area contributed by atoms with Crippen LogP contribution in [0.3, 0.4) is 0 Å². The van der Waals surface area contributed by atoms with E-state index in [4.69, 9.17) is 15.0 Å². The summed E-state index contributed by atoms with van der Waals surface area (Å²) in [5, 5.41) is 0. The molecule has 0 radical (unpaired) electrons. The van der Waals surface area contributed by atoms with E-state index in [-0.39, 0.29) is 0 Å². The Morgan fingerprint density at radius 1 is 1.50 bits per heavy atom. The fraction of sp³-hybridized carbons (Fsp3) is 0.667. The molecule has 4 heteroatoms. The summed E-state index contributed by atoms with van der Waals surface area (Å²) in [4.78, 5) is 0. The van der Waals surface area contributed by atoms with Crippen molar-refractivity contribution in [3.8, 4) is 0 Å². The first kappa shape index (κ1) is 13.2. The third-order valence-electron chi connectivity index (χ3n) is 2.96. The van der Waals surface area contributed by atoms with E-state index in [1.54, 1.807) is 13.4 Å². The maximum absolute atomic E-state index is 5.56. The highest BCUT2D eigenvalue weighted by Crippen LogP contribution is 2.14. The van der Waals surface area contributed by atoms with Crippen molar-refractivity contribution in [3.05, 3.63) is 24.2 Å². The van der Waals surface area contributed by atoms with Crippen molar-refractivity contribution in [2.24, 2.45) is 11.8 Å². The van der Waals surface area contributed by atoms with Crippen LogP contribution in [-0.4, -0.2) is 19.8 Å². The van der Waals surface area contributed by atoms with Gasteiger partial charge in [0.2, 0.25) is 0 Å². The summed E-state index contributed by atoms with van der Waals surface area (Å²) < 4.78 is 10.4. The maximum atomic E-state index is 5.56. The average molecular weight is 226 g/mol. The molecular weight excluding hydrogens is 204 g/mol. The predicted octanol–water partition coefficient (Wildman–Crippen LogP) is 1.72. The van der Waals surface area contributed by atoms with E-state index in [0.717, 1.165) is 31.6 Å². The van der Waals surface area contributed by atoms with E-state index in [9.17, 15) is 0 Å². The molecule has 0 saturated heterocycles. The second-order valence-electron chi connectivity index (χ2n) is 4.15. The summed E-state index contributed by atoms with van der Waals surface area (Å²) in [7, 11) is 1.72. The number of hydrazine groups is 1. The zero-order chi connectivity index (χ0) is 11.8. The van der Waals surface area contributed by atoms with Crippen molar-refractivity contribution in [1.29, 1.82) is 0 Å². The lowest BCUT2D eigenvalue weighted by Gasteiger charge is -2.22. The molecule has 0 aliphatic rings. The lowest BCUT2D eigenvalue weighted by atomic mass is 9.95. The van der Waals surface area contributed by atoms with Crippen molar-refractivity contribution >= 4 is 0 Å². The average Bonchev–Trinajstić information content (AvgIpc) is 2.80. The SMILES string of the molecule is COCCC(C)C(CCc1ccco1)NN. The Hall–Kier alpha value is -0.840. The van der Waals surface area contributed by atoms with Crippen LogP contribution in [0.4, 0.5) is 0 Å². The van der Waals surface area contributed by atoms with Crippen molar-refractivity contribution in [2.45, 2.75) is 32.2 Å². The van der Waals surface area contributed by atoms with Gasteiger partial charge in [-0.15, -0.1) is 0 Å². The highest BCUT2D eigenvalue weighted by Gasteiger charge is 2.15. The van der Waals surface area contributed by atoms with E-state index < -0.39 is 0 Å². The van der Waals surface area contributed by atoms with Gasteiger partial charge in [-0.1, -0.05) is 6.92 Å². The van der Waals surface area contributed by atoms with Crippen LogP contribution >= 0.6 is 0 Å². The van der Waals surface area contributed by atoms with E-state index >= 15 is 0 Å². The fourth-order valence-corrected chi connectivity index (χ4v) is 1.79.